The van der Waals surface area contributed by atoms with Crippen molar-refractivity contribution in [3.05, 3.63) is 52.8 Å². The number of hydrogen-bond donors (Lipinski definition) is 1. The summed E-state index contributed by atoms with van der Waals surface area (Å²) in [6.07, 6.45) is 8.87. The van der Waals surface area contributed by atoms with Gasteiger partial charge in [-0.15, -0.1) is 0 Å². The van der Waals surface area contributed by atoms with Crippen molar-refractivity contribution < 1.29 is 9.59 Å². The van der Waals surface area contributed by atoms with Crippen molar-refractivity contribution >= 4 is 11.8 Å². The third-order valence-electron chi connectivity index (χ3n) is 9.20. The van der Waals surface area contributed by atoms with E-state index in [1.807, 2.05) is 22.6 Å². The zero-order chi connectivity index (χ0) is 24.2. The van der Waals surface area contributed by atoms with Crippen LogP contribution >= 0.6 is 0 Å². The highest BCUT2D eigenvalue weighted by Crippen LogP contribution is 2.60. The smallest absolute Gasteiger partial charge is 0.243 e. The van der Waals surface area contributed by atoms with Crippen molar-refractivity contribution in [1.82, 2.24) is 20.0 Å². The second-order valence-electron chi connectivity index (χ2n) is 12.0. The number of nitrogens with one attached hydrogen (secondary N) is 1. The van der Waals surface area contributed by atoms with E-state index in [0.29, 0.717) is 12.5 Å². The maximum absolute atomic E-state index is 13.9. The average molecular weight is 475 g/mol. The van der Waals surface area contributed by atoms with Crippen LogP contribution < -0.4 is 5.32 Å². The Morgan fingerprint density at radius 3 is 2.37 bits per heavy atom. The number of hydrogen-bond acceptors (Lipinski definition) is 3. The van der Waals surface area contributed by atoms with Crippen LogP contribution in [-0.2, 0) is 22.7 Å². The van der Waals surface area contributed by atoms with Gasteiger partial charge in [-0.2, -0.15) is 5.10 Å². The molecule has 7 rings (SSSR count). The lowest BCUT2D eigenvalue weighted by atomic mass is 9.49. The Bertz CT molecular complexity index is 1100. The summed E-state index contributed by atoms with van der Waals surface area (Å²) in [5.74, 6) is 2.51. The number of aromatic nitrogens is 2. The van der Waals surface area contributed by atoms with Gasteiger partial charge in [-0.3, -0.25) is 14.3 Å². The first kappa shape index (κ1) is 22.8. The van der Waals surface area contributed by atoms with Gasteiger partial charge in [0.25, 0.3) is 0 Å². The van der Waals surface area contributed by atoms with Crippen molar-refractivity contribution in [2.24, 2.45) is 23.2 Å². The summed E-state index contributed by atoms with van der Waals surface area (Å²) in [6.45, 7) is 6.02. The molecule has 2 amide bonds. The maximum Gasteiger partial charge on any atom is 0.243 e. The van der Waals surface area contributed by atoms with E-state index < -0.39 is 0 Å². The number of likely N-dealkylation sites (tertiary alicyclic amines) is 1. The molecule has 4 bridgehead atoms. The fourth-order valence-corrected chi connectivity index (χ4v) is 8.11. The lowest BCUT2D eigenvalue weighted by molar-refractivity contribution is -0.160. The Labute approximate surface area is 208 Å². The molecule has 5 aliphatic rings. The number of benzene rings is 1. The number of amides is 2. The minimum atomic E-state index is -0.312. The van der Waals surface area contributed by atoms with Crippen LogP contribution in [0.15, 0.2) is 30.3 Å². The van der Waals surface area contributed by atoms with Crippen LogP contribution in [0.2, 0.25) is 0 Å². The van der Waals surface area contributed by atoms with Gasteiger partial charge in [0.15, 0.2) is 0 Å². The first-order valence-electron chi connectivity index (χ1n) is 13.6. The molecule has 5 fully saturated rings. The molecule has 35 heavy (non-hydrogen) atoms. The van der Waals surface area contributed by atoms with Gasteiger partial charge in [-0.1, -0.05) is 24.3 Å². The molecule has 1 N–H and O–H groups in total. The summed E-state index contributed by atoms with van der Waals surface area (Å²) in [7, 11) is 0. The topological polar surface area (TPSA) is 67.2 Å². The second kappa shape index (κ2) is 8.79. The maximum atomic E-state index is 13.9. The van der Waals surface area contributed by atoms with E-state index in [4.69, 9.17) is 0 Å². The molecule has 4 aliphatic carbocycles. The molecule has 1 atom stereocenters. The molecule has 4 saturated carbocycles. The molecule has 0 radical (unpaired) electrons. The molecule has 1 aliphatic heterocycles. The van der Waals surface area contributed by atoms with E-state index in [1.165, 1.54) is 24.8 Å². The Kier molecular flexibility index (Phi) is 5.73. The van der Waals surface area contributed by atoms with E-state index in [0.717, 1.165) is 79.9 Å². The highest BCUT2D eigenvalue weighted by atomic mass is 16.2. The number of carbonyl (C=O) groups excluding carboxylic acids is 2. The van der Waals surface area contributed by atoms with Gasteiger partial charge in [0.2, 0.25) is 11.8 Å². The zero-order valence-electron chi connectivity index (χ0n) is 21.1. The molecule has 1 saturated heterocycles. The van der Waals surface area contributed by atoms with Gasteiger partial charge in [0, 0.05) is 18.8 Å². The average Bonchev–Trinajstić information content (AvgIpc) is 3.42. The number of carbonyl (C=O) groups is 2. The van der Waals surface area contributed by atoms with Crippen molar-refractivity contribution in [3.8, 4) is 0 Å². The molecular formula is C29H38N4O2. The largest absolute Gasteiger partial charge is 0.350 e. The molecule has 0 spiro atoms. The Balaban J connectivity index is 1.10. The first-order valence-corrected chi connectivity index (χ1v) is 13.6. The summed E-state index contributed by atoms with van der Waals surface area (Å²) in [5.41, 5.74) is 4.24. The van der Waals surface area contributed by atoms with Crippen molar-refractivity contribution in [2.45, 2.75) is 84.3 Å². The van der Waals surface area contributed by atoms with Crippen LogP contribution in [0.4, 0.5) is 0 Å². The zero-order valence-corrected chi connectivity index (χ0v) is 21.1. The SMILES string of the molecule is Cc1cc(C)n(Cc2cccc(CNC(=O)C3CCCN3C(=O)C34CC5CC(CC(C5)C3)C4)c2)n1. The minimum Gasteiger partial charge on any atom is -0.350 e. The molecule has 6 nitrogen and oxygen atoms in total. The molecular weight excluding hydrogens is 436 g/mol. The molecule has 2 aromatic rings. The Morgan fingerprint density at radius 2 is 1.71 bits per heavy atom. The summed E-state index contributed by atoms with van der Waals surface area (Å²) < 4.78 is 2.01. The molecule has 1 unspecified atom stereocenters. The van der Waals surface area contributed by atoms with Gasteiger partial charge >= 0.3 is 0 Å². The normalized spacial score (nSPS) is 31.2. The van der Waals surface area contributed by atoms with Crippen LogP contribution in [0.1, 0.15) is 73.9 Å². The van der Waals surface area contributed by atoms with Crippen LogP contribution in [-0.4, -0.2) is 39.1 Å². The van der Waals surface area contributed by atoms with E-state index in [-0.39, 0.29) is 17.4 Å². The van der Waals surface area contributed by atoms with Crippen molar-refractivity contribution in [3.63, 3.8) is 0 Å². The second-order valence-corrected chi connectivity index (χ2v) is 12.0. The van der Waals surface area contributed by atoms with Gasteiger partial charge < -0.3 is 10.2 Å². The van der Waals surface area contributed by atoms with Gasteiger partial charge in [-0.25, -0.2) is 0 Å². The monoisotopic (exact) mass is 474 g/mol. The predicted octanol–water partition coefficient (Wildman–Crippen LogP) is 4.37. The molecule has 2 heterocycles. The predicted molar refractivity (Wildman–Crippen MR) is 134 cm³/mol. The van der Waals surface area contributed by atoms with Crippen LogP contribution in [0, 0.1) is 37.0 Å². The molecule has 1 aromatic carbocycles. The van der Waals surface area contributed by atoms with Crippen LogP contribution in [0.25, 0.3) is 0 Å². The molecule has 186 valence electrons. The Morgan fingerprint density at radius 1 is 1.03 bits per heavy atom. The van der Waals surface area contributed by atoms with Gasteiger partial charge in [-0.05, 0) is 100 Å². The van der Waals surface area contributed by atoms with Crippen molar-refractivity contribution in [2.75, 3.05) is 6.54 Å². The summed E-state index contributed by atoms with van der Waals surface area (Å²) in [5, 5.41) is 7.71. The standard InChI is InChI=1S/C29H38N4O2/c1-19-9-20(2)33(31-19)18-22-6-3-5-21(10-22)17-30-27(34)26-7-4-8-32(26)28(35)29-14-23-11-24(15-29)13-25(12-23)16-29/h3,5-6,9-10,23-26H,4,7-8,11-18H2,1-2H3,(H,30,34). The number of nitrogens with zero attached hydrogens (tertiary/aromatic N) is 3. The third kappa shape index (κ3) is 4.30. The van der Waals surface area contributed by atoms with E-state index in [2.05, 4.69) is 41.6 Å². The van der Waals surface area contributed by atoms with Gasteiger partial charge in [0.1, 0.15) is 6.04 Å². The summed E-state index contributed by atoms with van der Waals surface area (Å²) in [6, 6.07) is 10.1. The fourth-order valence-electron chi connectivity index (χ4n) is 8.11. The summed E-state index contributed by atoms with van der Waals surface area (Å²) >= 11 is 0. The molecule has 1 aromatic heterocycles. The van der Waals surface area contributed by atoms with Crippen molar-refractivity contribution in [1.29, 1.82) is 0 Å². The fraction of sp³-hybridized carbons (Fsp3) is 0.621. The van der Waals surface area contributed by atoms with Gasteiger partial charge in [0.05, 0.1) is 17.7 Å². The van der Waals surface area contributed by atoms with E-state index >= 15 is 0 Å². The minimum absolute atomic E-state index is 0.00419. The molecule has 6 heteroatoms. The Hall–Kier alpha value is -2.63. The highest BCUT2D eigenvalue weighted by Gasteiger charge is 2.56. The lowest BCUT2D eigenvalue weighted by Gasteiger charge is -2.56. The van der Waals surface area contributed by atoms with Crippen LogP contribution in [0.5, 0.6) is 0 Å². The number of aryl methyl sites for hydroxylation is 2. The summed E-state index contributed by atoms with van der Waals surface area (Å²) in [4.78, 5) is 29.1. The highest BCUT2D eigenvalue weighted by molar-refractivity contribution is 5.91. The third-order valence-corrected chi connectivity index (χ3v) is 9.20. The lowest BCUT2D eigenvalue weighted by Crippen LogP contribution is -2.57. The van der Waals surface area contributed by atoms with Crippen LogP contribution in [0.3, 0.4) is 0 Å². The van der Waals surface area contributed by atoms with E-state index in [9.17, 15) is 9.59 Å². The number of rotatable bonds is 6. The first-order chi connectivity index (χ1) is 16.9. The van der Waals surface area contributed by atoms with E-state index in [1.54, 1.807) is 0 Å². The quantitative estimate of drug-likeness (QED) is 0.676.